The van der Waals surface area contributed by atoms with Crippen molar-refractivity contribution in [3.8, 4) is 5.75 Å². The number of benzene rings is 2. The summed E-state index contributed by atoms with van der Waals surface area (Å²) in [6.45, 7) is 5.49. The highest BCUT2D eigenvalue weighted by atomic mass is 16.5. The molecule has 0 aliphatic carbocycles. The van der Waals surface area contributed by atoms with E-state index >= 15 is 0 Å². The van der Waals surface area contributed by atoms with Gasteiger partial charge >= 0.3 is 0 Å². The summed E-state index contributed by atoms with van der Waals surface area (Å²) in [5.41, 5.74) is 4.47. The molecule has 4 heteroatoms. The van der Waals surface area contributed by atoms with Crippen LogP contribution in [0, 0.1) is 13.8 Å². The van der Waals surface area contributed by atoms with E-state index in [-0.39, 0.29) is 5.91 Å². The lowest BCUT2D eigenvalue weighted by Crippen LogP contribution is -2.25. The number of ether oxygens (including phenoxy) is 2. The molecule has 0 aliphatic rings. The second kappa shape index (κ2) is 9.08. The van der Waals surface area contributed by atoms with Crippen LogP contribution in [0.2, 0.25) is 0 Å². The number of rotatable bonds is 8. The first-order chi connectivity index (χ1) is 11.6. The fraction of sp³-hybridized carbons (Fsp3) is 0.350. The highest BCUT2D eigenvalue weighted by Crippen LogP contribution is 2.20. The van der Waals surface area contributed by atoms with Gasteiger partial charge < -0.3 is 14.8 Å². The molecule has 0 saturated carbocycles. The summed E-state index contributed by atoms with van der Waals surface area (Å²) in [6.07, 6.45) is 0.333. The summed E-state index contributed by atoms with van der Waals surface area (Å²) in [6, 6.07) is 13.9. The van der Waals surface area contributed by atoms with Crippen molar-refractivity contribution in [2.24, 2.45) is 0 Å². The Kier molecular flexibility index (Phi) is 6.82. The lowest BCUT2D eigenvalue weighted by molar-refractivity contribution is -0.121. The third-order valence-electron chi connectivity index (χ3n) is 4.04. The van der Waals surface area contributed by atoms with Gasteiger partial charge in [-0.25, -0.2) is 0 Å². The fourth-order valence-electron chi connectivity index (χ4n) is 2.44. The third-order valence-corrected chi connectivity index (χ3v) is 4.04. The largest absolute Gasteiger partial charge is 0.493 e. The van der Waals surface area contributed by atoms with Gasteiger partial charge in [-0.15, -0.1) is 0 Å². The van der Waals surface area contributed by atoms with Crippen LogP contribution in [-0.2, 0) is 22.7 Å². The molecule has 4 nitrogen and oxygen atoms in total. The molecule has 2 rings (SSSR count). The number of carbonyl (C=O) groups is 1. The van der Waals surface area contributed by atoms with Gasteiger partial charge in [0.2, 0.25) is 5.91 Å². The summed E-state index contributed by atoms with van der Waals surface area (Å²) in [5.74, 6) is 0.820. The summed E-state index contributed by atoms with van der Waals surface area (Å²) in [7, 11) is 1.67. The van der Waals surface area contributed by atoms with Gasteiger partial charge in [-0.1, -0.05) is 36.4 Å². The lowest BCUT2D eigenvalue weighted by Gasteiger charge is -2.12. The molecule has 0 heterocycles. The monoisotopic (exact) mass is 327 g/mol. The van der Waals surface area contributed by atoms with Crippen molar-refractivity contribution in [3.63, 3.8) is 0 Å². The Morgan fingerprint density at radius 2 is 1.79 bits per heavy atom. The lowest BCUT2D eigenvalue weighted by atomic mass is 10.1. The Labute approximate surface area is 143 Å². The van der Waals surface area contributed by atoms with E-state index in [9.17, 15) is 4.79 Å². The Balaban J connectivity index is 1.79. The molecule has 0 radical (unpaired) electrons. The van der Waals surface area contributed by atoms with Crippen molar-refractivity contribution < 1.29 is 14.3 Å². The topological polar surface area (TPSA) is 47.6 Å². The zero-order chi connectivity index (χ0) is 17.4. The van der Waals surface area contributed by atoms with Gasteiger partial charge in [0, 0.05) is 13.7 Å². The number of methoxy groups -OCH3 is 1. The van der Waals surface area contributed by atoms with Gasteiger partial charge in [-0.05, 0) is 42.2 Å². The first-order valence-electron chi connectivity index (χ1n) is 8.13. The molecule has 1 N–H and O–H groups in total. The van der Waals surface area contributed by atoms with E-state index in [4.69, 9.17) is 9.47 Å². The third kappa shape index (κ3) is 5.10. The highest BCUT2D eigenvalue weighted by molar-refractivity contribution is 5.76. The molecular formula is C20H25NO3. The molecule has 0 spiro atoms. The molecule has 0 fully saturated rings. The van der Waals surface area contributed by atoms with Crippen LogP contribution in [0.25, 0.3) is 0 Å². The summed E-state index contributed by atoms with van der Waals surface area (Å²) in [4.78, 5) is 12.0. The first kappa shape index (κ1) is 18.0. The van der Waals surface area contributed by atoms with Crippen LogP contribution in [0.4, 0.5) is 0 Å². The zero-order valence-electron chi connectivity index (χ0n) is 14.6. The molecule has 0 aromatic heterocycles. The second-order valence-corrected chi connectivity index (χ2v) is 5.77. The zero-order valence-corrected chi connectivity index (χ0v) is 14.6. The van der Waals surface area contributed by atoms with E-state index in [0.29, 0.717) is 26.2 Å². The Bertz CT molecular complexity index is 682. The van der Waals surface area contributed by atoms with Crippen LogP contribution in [-0.4, -0.2) is 19.6 Å². The van der Waals surface area contributed by atoms with E-state index in [1.807, 2.05) is 56.3 Å². The van der Waals surface area contributed by atoms with E-state index in [0.717, 1.165) is 22.4 Å². The van der Waals surface area contributed by atoms with Crippen molar-refractivity contribution in [1.82, 2.24) is 5.32 Å². The van der Waals surface area contributed by atoms with Gasteiger partial charge in [-0.2, -0.15) is 0 Å². The summed E-state index contributed by atoms with van der Waals surface area (Å²) >= 11 is 0. The van der Waals surface area contributed by atoms with E-state index < -0.39 is 0 Å². The fourth-order valence-corrected chi connectivity index (χ4v) is 2.44. The summed E-state index contributed by atoms with van der Waals surface area (Å²) < 4.78 is 10.9. The molecule has 128 valence electrons. The Morgan fingerprint density at radius 1 is 1.04 bits per heavy atom. The van der Waals surface area contributed by atoms with Crippen LogP contribution in [0.1, 0.15) is 28.7 Å². The van der Waals surface area contributed by atoms with Gasteiger partial charge in [0.25, 0.3) is 0 Å². The van der Waals surface area contributed by atoms with Crippen molar-refractivity contribution >= 4 is 5.91 Å². The van der Waals surface area contributed by atoms with Crippen LogP contribution >= 0.6 is 0 Å². The molecule has 2 aromatic carbocycles. The number of hydrogen-bond donors (Lipinski definition) is 1. The number of aryl methyl sites for hydroxylation is 1. The van der Waals surface area contributed by atoms with Crippen LogP contribution in [0.15, 0.2) is 42.5 Å². The SMILES string of the molecule is COCc1ccccc1CNC(=O)CCOc1cccc(C)c1C. The van der Waals surface area contributed by atoms with Crippen molar-refractivity contribution in [2.75, 3.05) is 13.7 Å². The van der Waals surface area contributed by atoms with E-state index in [2.05, 4.69) is 5.32 Å². The smallest absolute Gasteiger partial charge is 0.223 e. The molecule has 24 heavy (non-hydrogen) atoms. The minimum absolute atomic E-state index is 0.0208. The van der Waals surface area contributed by atoms with Crippen molar-refractivity contribution in [1.29, 1.82) is 0 Å². The van der Waals surface area contributed by atoms with Gasteiger partial charge in [0.1, 0.15) is 5.75 Å². The van der Waals surface area contributed by atoms with Gasteiger partial charge in [0.05, 0.1) is 19.6 Å². The normalized spacial score (nSPS) is 10.5. The Morgan fingerprint density at radius 3 is 2.54 bits per heavy atom. The van der Waals surface area contributed by atoms with Crippen LogP contribution < -0.4 is 10.1 Å². The number of amides is 1. The molecule has 0 atom stereocenters. The van der Waals surface area contributed by atoms with Crippen molar-refractivity contribution in [2.45, 2.75) is 33.4 Å². The maximum absolute atomic E-state index is 12.0. The van der Waals surface area contributed by atoms with Crippen molar-refractivity contribution in [3.05, 3.63) is 64.7 Å². The molecule has 0 aliphatic heterocycles. The van der Waals surface area contributed by atoms with Gasteiger partial charge in [-0.3, -0.25) is 4.79 Å². The average Bonchev–Trinajstić information content (AvgIpc) is 2.58. The Hall–Kier alpha value is -2.33. The molecule has 0 unspecified atom stereocenters. The maximum atomic E-state index is 12.0. The average molecular weight is 327 g/mol. The number of nitrogens with one attached hydrogen (secondary N) is 1. The van der Waals surface area contributed by atoms with E-state index in [1.54, 1.807) is 7.11 Å². The summed E-state index contributed by atoms with van der Waals surface area (Å²) in [5, 5.41) is 2.94. The quantitative estimate of drug-likeness (QED) is 0.807. The van der Waals surface area contributed by atoms with Gasteiger partial charge in [0.15, 0.2) is 0 Å². The van der Waals surface area contributed by atoms with Crippen LogP contribution in [0.3, 0.4) is 0 Å². The van der Waals surface area contributed by atoms with E-state index in [1.165, 1.54) is 5.56 Å². The molecular weight excluding hydrogens is 302 g/mol. The molecule has 1 amide bonds. The molecule has 0 bridgehead atoms. The number of carbonyl (C=O) groups excluding carboxylic acids is 1. The molecule has 0 saturated heterocycles. The standard InChI is InChI=1S/C20H25NO3/c1-15-7-6-10-19(16(15)2)24-12-11-20(22)21-13-17-8-4-5-9-18(17)14-23-3/h4-10H,11-14H2,1-3H3,(H,21,22). The minimum Gasteiger partial charge on any atom is -0.493 e. The molecule has 2 aromatic rings. The highest BCUT2D eigenvalue weighted by Gasteiger charge is 2.06. The predicted octanol–water partition coefficient (Wildman–Crippen LogP) is 3.54. The maximum Gasteiger partial charge on any atom is 0.223 e. The predicted molar refractivity (Wildman–Crippen MR) is 95.0 cm³/mol. The first-order valence-corrected chi connectivity index (χ1v) is 8.13. The second-order valence-electron chi connectivity index (χ2n) is 5.77. The minimum atomic E-state index is -0.0208. The number of hydrogen-bond acceptors (Lipinski definition) is 3. The van der Waals surface area contributed by atoms with Crippen LogP contribution in [0.5, 0.6) is 5.75 Å².